The average molecular weight is 315 g/mol. The maximum Gasteiger partial charge on any atom is 0.289 e. The highest BCUT2D eigenvalue weighted by atomic mass is 16.2. The number of nitrogens with zero attached hydrogens (tertiary/aromatic N) is 5. The van der Waals surface area contributed by atoms with Crippen LogP contribution in [0.15, 0.2) is 12.4 Å². The van der Waals surface area contributed by atoms with Gasteiger partial charge in [0.1, 0.15) is 18.2 Å². The molecule has 0 bridgehead atoms. The topological polar surface area (TPSA) is 109 Å². The molecule has 2 aromatic rings. The van der Waals surface area contributed by atoms with Gasteiger partial charge in [-0.2, -0.15) is 10.2 Å². The van der Waals surface area contributed by atoms with Crippen LogP contribution >= 0.6 is 0 Å². The van der Waals surface area contributed by atoms with Crippen LogP contribution in [0.2, 0.25) is 0 Å². The molecule has 0 aromatic carbocycles. The molecule has 0 saturated heterocycles. The number of aromatic amines is 1. The fourth-order valence-corrected chi connectivity index (χ4v) is 2.84. The molecule has 1 atom stereocenters. The van der Waals surface area contributed by atoms with Crippen molar-refractivity contribution in [1.29, 1.82) is 0 Å². The summed E-state index contributed by atoms with van der Waals surface area (Å²) < 4.78 is 1.85. The van der Waals surface area contributed by atoms with Crippen molar-refractivity contribution in [3.8, 4) is 0 Å². The number of fused-ring (bicyclic) bond motifs is 1. The van der Waals surface area contributed by atoms with Crippen LogP contribution in [0, 0.1) is 0 Å². The minimum Gasteiger partial charge on any atom is -0.337 e. The number of aromatic nitrogens is 5. The molecule has 2 N–H and O–H groups in total. The molecule has 1 saturated carbocycles. The number of likely N-dealkylation sites (N-methyl/N-ethyl adjacent to an activating group) is 1. The molecule has 1 fully saturated rings. The van der Waals surface area contributed by atoms with E-state index in [0.29, 0.717) is 18.9 Å². The number of hydrogen-bond acceptors (Lipinski definition) is 5. The highest BCUT2D eigenvalue weighted by Gasteiger charge is 2.33. The molecule has 2 aliphatic rings. The van der Waals surface area contributed by atoms with E-state index in [9.17, 15) is 9.59 Å². The first-order chi connectivity index (χ1) is 11.1. The van der Waals surface area contributed by atoms with Crippen LogP contribution in [0.5, 0.6) is 0 Å². The molecular weight excluding hydrogens is 298 g/mol. The Morgan fingerprint density at radius 3 is 2.91 bits per heavy atom. The monoisotopic (exact) mass is 315 g/mol. The van der Waals surface area contributed by atoms with E-state index in [1.807, 2.05) is 10.7 Å². The van der Waals surface area contributed by atoms with Crippen molar-refractivity contribution in [2.75, 3.05) is 11.9 Å². The number of amides is 2. The van der Waals surface area contributed by atoms with E-state index < -0.39 is 11.9 Å². The Morgan fingerprint density at radius 2 is 2.22 bits per heavy atom. The second-order valence-electron chi connectivity index (χ2n) is 5.97. The van der Waals surface area contributed by atoms with Crippen LogP contribution < -0.4 is 10.2 Å². The summed E-state index contributed by atoms with van der Waals surface area (Å²) in [7, 11) is 1.71. The van der Waals surface area contributed by atoms with Crippen LogP contribution in [-0.2, 0) is 11.3 Å². The van der Waals surface area contributed by atoms with Crippen LogP contribution in [0.4, 0.5) is 5.82 Å². The molecule has 2 aromatic heterocycles. The van der Waals surface area contributed by atoms with Crippen molar-refractivity contribution in [3.05, 3.63) is 23.9 Å². The maximum atomic E-state index is 12.6. The molecule has 9 nitrogen and oxygen atoms in total. The third kappa shape index (κ3) is 2.47. The molecule has 1 aliphatic heterocycles. The number of rotatable bonds is 3. The van der Waals surface area contributed by atoms with Gasteiger partial charge in [-0.25, -0.2) is 9.67 Å². The summed E-state index contributed by atoms with van der Waals surface area (Å²) in [6, 6.07) is 1.37. The van der Waals surface area contributed by atoms with Gasteiger partial charge in [0.25, 0.3) is 11.8 Å². The minimum absolute atomic E-state index is 0.0958. The molecule has 9 heteroatoms. The van der Waals surface area contributed by atoms with Crippen LogP contribution in [0.1, 0.15) is 41.5 Å². The fraction of sp³-hybridized carbons (Fsp3) is 0.500. The number of aryl methyl sites for hydroxylation is 1. The van der Waals surface area contributed by atoms with Crippen molar-refractivity contribution in [3.63, 3.8) is 0 Å². The molecule has 120 valence electrons. The van der Waals surface area contributed by atoms with Gasteiger partial charge in [0, 0.05) is 25.6 Å². The smallest absolute Gasteiger partial charge is 0.289 e. The summed E-state index contributed by atoms with van der Waals surface area (Å²) >= 11 is 0. The predicted molar refractivity (Wildman–Crippen MR) is 79.9 cm³/mol. The summed E-state index contributed by atoms with van der Waals surface area (Å²) in [6.07, 6.45) is 4.08. The molecule has 23 heavy (non-hydrogen) atoms. The maximum absolute atomic E-state index is 12.6. The molecule has 0 unspecified atom stereocenters. The first kappa shape index (κ1) is 13.9. The largest absolute Gasteiger partial charge is 0.337 e. The van der Waals surface area contributed by atoms with Gasteiger partial charge in [-0.3, -0.25) is 19.6 Å². The number of anilines is 1. The van der Waals surface area contributed by atoms with Crippen molar-refractivity contribution in [2.24, 2.45) is 0 Å². The van der Waals surface area contributed by atoms with E-state index in [2.05, 4.69) is 25.6 Å². The average Bonchev–Trinajstić information content (AvgIpc) is 3.12. The minimum atomic E-state index is -0.608. The molecular formula is C14H17N7O2. The third-order valence-corrected chi connectivity index (χ3v) is 4.31. The first-order valence-electron chi connectivity index (χ1n) is 7.65. The van der Waals surface area contributed by atoms with Gasteiger partial charge in [0.05, 0.1) is 5.69 Å². The predicted octanol–water partition coefficient (Wildman–Crippen LogP) is 0.0437. The van der Waals surface area contributed by atoms with E-state index >= 15 is 0 Å². The zero-order valence-electron chi connectivity index (χ0n) is 12.7. The van der Waals surface area contributed by atoms with E-state index in [-0.39, 0.29) is 11.7 Å². The molecule has 0 spiro atoms. The van der Waals surface area contributed by atoms with Gasteiger partial charge >= 0.3 is 0 Å². The number of carbonyl (C=O) groups is 2. The number of nitrogens with one attached hydrogen (secondary N) is 2. The Balaban J connectivity index is 1.53. The van der Waals surface area contributed by atoms with Crippen LogP contribution in [0.25, 0.3) is 0 Å². The quantitative estimate of drug-likeness (QED) is 0.831. The lowest BCUT2D eigenvalue weighted by atomic mass is 10.2. The van der Waals surface area contributed by atoms with Crippen molar-refractivity contribution < 1.29 is 9.59 Å². The van der Waals surface area contributed by atoms with Crippen LogP contribution in [0.3, 0.4) is 0 Å². The second kappa shape index (κ2) is 5.18. The molecule has 2 amide bonds. The Morgan fingerprint density at radius 1 is 1.39 bits per heavy atom. The van der Waals surface area contributed by atoms with Crippen molar-refractivity contribution >= 4 is 17.6 Å². The standard InChI is InChI=1S/C14H17N7O2/c1-20-11-6-10(8-2-3-8)19-21(11)5-4-9(14(20)23)17-13(22)12-15-7-16-18-12/h6-9H,2-5H2,1H3,(H,17,22)(H,15,16,18)/t9-/m0/s1. The van der Waals surface area contributed by atoms with Gasteiger partial charge in [0.2, 0.25) is 5.82 Å². The van der Waals surface area contributed by atoms with Gasteiger partial charge in [-0.05, 0) is 19.3 Å². The van der Waals surface area contributed by atoms with Gasteiger partial charge in [-0.1, -0.05) is 0 Å². The third-order valence-electron chi connectivity index (χ3n) is 4.31. The summed E-state index contributed by atoms with van der Waals surface area (Å²) in [6.45, 7) is 0.583. The molecule has 1 aliphatic carbocycles. The zero-order chi connectivity index (χ0) is 16.0. The Labute approximate surface area is 132 Å². The molecule has 0 radical (unpaired) electrons. The lowest BCUT2D eigenvalue weighted by molar-refractivity contribution is -0.120. The normalized spacial score (nSPS) is 21.0. The van der Waals surface area contributed by atoms with E-state index in [4.69, 9.17) is 0 Å². The van der Waals surface area contributed by atoms with Gasteiger partial charge < -0.3 is 5.32 Å². The Bertz CT molecular complexity index is 747. The Hall–Kier alpha value is -2.71. The molecule has 3 heterocycles. The summed E-state index contributed by atoms with van der Waals surface area (Å²) in [5.74, 6) is 0.831. The lowest BCUT2D eigenvalue weighted by Crippen LogP contribution is -2.47. The summed E-state index contributed by atoms with van der Waals surface area (Å²) in [5.41, 5.74) is 1.06. The first-order valence-corrected chi connectivity index (χ1v) is 7.65. The van der Waals surface area contributed by atoms with E-state index in [0.717, 1.165) is 11.5 Å². The summed E-state index contributed by atoms with van der Waals surface area (Å²) in [5, 5.41) is 13.4. The number of carbonyl (C=O) groups excluding carboxylic acids is 2. The number of hydrogen-bond donors (Lipinski definition) is 2. The second-order valence-corrected chi connectivity index (χ2v) is 5.97. The Kier molecular flexibility index (Phi) is 3.14. The van der Waals surface area contributed by atoms with Gasteiger partial charge in [-0.15, -0.1) is 0 Å². The highest BCUT2D eigenvalue weighted by molar-refractivity contribution is 6.00. The van der Waals surface area contributed by atoms with E-state index in [1.165, 1.54) is 19.2 Å². The number of H-pyrrole nitrogens is 1. The fourth-order valence-electron chi connectivity index (χ4n) is 2.84. The van der Waals surface area contributed by atoms with Crippen molar-refractivity contribution in [1.82, 2.24) is 30.3 Å². The van der Waals surface area contributed by atoms with Crippen molar-refractivity contribution in [2.45, 2.75) is 37.8 Å². The zero-order valence-corrected chi connectivity index (χ0v) is 12.7. The highest BCUT2D eigenvalue weighted by Crippen LogP contribution is 2.40. The van der Waals surface area contributed by atoms with Gasteiger partial charge in [0.15, 0.2) is 0 Å². The SMILES string of the molecule is CN1C(=O)[C@@H](NC(=O)c2ncn[nH]2)CCn2nc(C3CC3)cc21. The lowest BCUT2D eigenvalue weighted by Gasteiger charge is -2.20. The summed E-state index contributed by atoms with van der Waals surface area (Å²) in [4.78, 5) is 30.1. The van der Waals surface area contributed by atoms with Crippen LogP contribution in [-0.4, -0.2) is 49.9 Å². The van der Waals surface area contributed by atoms with E-state index in [1.54, 1.807) is 11.9 Å². The molecule has 4 rings (SSSR count).